The molecule has 0 bridgehead atoms. The number of rotatable bonds is 6. The van der Waals surface area contributed by atoms with Crippen LogP contribution in [0.3, 0.4) is 0 Å². The molecule has 2 aromatic heterocycles. The molecule has 3 aromatic rings. The third kappa shape index (κ3) is 4.30. The molecule has 1 aromatic carbocycles. The Bertz CT molecular complexity index is 873. The fourth-order valence-electron chi connectivity index (χ4n) is 2.09. The van der Waals surface area contributed by atoms with Gasteiger partial charge in [0.15, 0.2) is 16.6 Å². The van der Waals surface area contributed by atoms with Gasteiger partial charge < -0.3 is 14.6 Å². The summed E-state index contributed by atoms with van der Waals surface area (Å²) < 4.78 is 9.97. The molecule has 0 unspecified atom stereocenters. The van der Waals surface area contributed by atoms with Gasteiger partial charge in [-0.15, -0.1) is 11.3 Å². The highest BCUT2D eigenvalue weighted by Gasteiger charge is 2.17. The van der Waals surface area contributed by atoms with Crippen LogP contribution in [-0.2, 0) is 16.0 Å². The average Bonchev–Trinajstić information content (AvgIpc) is 3.25. The van der Waals surface area contributed by atoms with Crippen molar-refractivity contribution < 1.29 is 18.8 Å². The molecule has 0 spiro atoms. The Morgan fingerprint density at radius 1 is 1.28 bits per heavy atom. The molecule has 0 aliphatic carbocycles. The van der Waals surface area contributed by atoms with Crippen molar-refractivity contribution in [2.24, 2.45) is 0 Å². The number of amides is 1. The first kappa shape index (κ1) is 16.8. The fourth-order valence-corrected chi connectivity index (χ4v) is 2.80. The van der Waals surface area contributed by atoms with Crippen LogP contribution in [0.15, 0.2) is 46.3 Å². The van der Waals surface area contributed by atoms with Crippen molar-refractivity contribution >= 4 is 28.3 Å². The molecule has 0 radical (unpaired) electrons. The van der Waals surface area contributed by atoms with Crippen molar-refractivity contribution in [2.75, 3.05) is 11.9 Å². The van der Waals surface area contributed by atoms with Crippen LogP contribution in [0.5, 0.6) is 0 Å². The van der Waals surface area contributed by atoms with Crippen LogP contribution in [0.1, 0.15) is 23.0 Å². The van der Waals surface area contributed by atoms with Crippen LogP contribution in [-0.4, -0.2) is 28.6 Å². The number of carbonyl (C=O) groups excluding carboxylic acids is 2. The summed E-state index contributed by atoms with van der Waals surface area (Å²) in [4.78, 5) is 27.9. The number of benzene rings is 1. The van der Waals surface area contributed by atoms with Gasteiger partial charge in [0.2, 0.25) is 5.91 Å². The lowest BCUT2D eigenvalue weighted by atomic mass is 10.1. The van der Waals surface area contributed by atoms with E-state index in [1.54, 1.807) is 12.3 Å². The zero-order chi connectivity index (χ0) is 17.6. The first-order valence-electron chi connectivity index (χ1n) is 7.59. The molecule has 2 heterocycles. The van der Waals surface area contributed by atoms with Gasteiger partial charge in [-0.3, -0.25) is 4.79 Å². The summed E-state index contributed by atoms with van der Waals surface area (Å²) in [6.45, 7) is 1.97. The minimum atomic E-state index is -0.552. The summed E-state index contributed by atoms with van der Waals surface area (Å²) >= 11 is 1.26. The molecule has 7 nitrogen and oxygen atoms in total. The van der Waals surface area contributed by atoms with E-state index in [0.29, 0.717) is 16.6 Å². The summed E-state index contributed by atoms with van der Waals surface area (Å²) in [7, 11) is 0. The summed E-state index contributed by atoms with van der Waals surface area (Å²) in [5.41, 5.74) is 1.49. The van der Waals surface area contributed by atoms with Gasteiger partial charge in [0.05, 0.1) is 13.0 Å². The molecule has 0 aliphatic heterocycles. The van der Waals surface area contributed by atoms with E-state index in [1.165, 1.54) is 17.4 Å². The highest BCUT2D eigenvalue weighted by atomic mass is 32.1. The lowest BCUT2D eigenvalue weighted by Crippen LogP contribution is -2.14. The monoisotopic (exact) mass is 357 g/mol. The second kappa shape index (κ2) is 7.71. The quantitative estimate of drug-likeness (QED) is 0.681. The molecule has 0 saturated carbocycles. The number of hydrogen-bond donors (Lipinski definition) is 1. The van der Waals surface area contributed by atoms with Crippen molar-refractivity contribution in [2.45, 2.75) is 13.3 Å². The number of carbonyl (C=O) groups is 2. The number of nitrogens with zero attached hydrogens (tertiary/aromatic N) is 2. The highest BCUT2D eigenvalue weighted by molar-refractivity contribution is 7.14. The van der Waals surface area contributed by atoms with Crippen LogP contribution in [0.2, 0.25) is 0 Å². The minimum absolute atomic E-state index is 0.0829. The normalized spacial score (nSPS) is 10.4. The summed E-state index contributed by atoms with van der Waals surface area (Å²) in [6, 6.07) is 10.9. The van der Waals surface area contributed by atoms with Gasteiger partial charge in [-0.05, 0) is 12.5 Å². The van der Waals surface area contributed by atoms with Crippen molar-refractivity contribution in [3.8, 4) is 11.5 Å². The van der Waals surface area contributed by atoms with Crippen molar-refractivity contribution in [1.82, 2.24) is 10.1 Å². The van der Waals surface area contributed by atoms with Gasteiger partial charge in [0, 0.05) is 11.4 Å². The number of anilines is 1. The maximum Gasteiger partial charge on any atom is 0.360 e. The van der Waals surface area contributed by atoms with E-state index in [9.17, 15) is 9.59 Å². The lowest BCUT2D eigenvalue weighted by Gasteiger charge is -2.01. The molecular formula is C17H15N3O4S. The van der Waals surface area contributed by atoms with Gasteiger partial charge in [-0.25, -0.2) is 9.78 Å². The highest BCUT2D eigenvalue weighted by Crippen LogP contribution is 2.25. The van der Waals surface area contributed by atoms with Gasteiger partial charge in [-0.1, -0.05) is 35.5 Å². The Kier molecular flexibility index (Phi) is 5.20. The molecule has 1 N–H and O–H groups in total. The Morgan fingerprint density at radius 2 is 2.08 bits per heavy atom. The summed E-state index contributed by atoms with van der Waals surface area (Å²) in [5.74, 6) is -0.371. The number of thiazole rings is 1. The summed E-state index contributed by atoms with van der Waals surface area (Å²) in [5, 5.41) is 8.58. The minimum Gasteiger partial charge on any atom is -0.461 e. The molecular weight excluding hydrogens is 342 g/mol. The Hall–Kier alpha value is -3.00. The number of aromatic nitrogens is 2. The molecule has 0 fully saturated rings. The predicted molar refractivity (Wildman–Crippen MR) is 92.3 cm³/mol. The van der Waals surface area contributed by atoms with E-state index in [1.807, 2.05) is 30.3 Å². The zero-order valence-electron chi connectivity index (χ0n) is 13.4. The van der Waals surface area contributed by atoms with E-state index >= 15 is 0 Å². The van der Waals surface area contributed by atoms with Crippen LogP contribution >= 0.6 is 11.3 Å². The molecule has 0 aliphatic rings. The lowest BCUT2D eigenvalue weighted by molar-refractivity contribution is -0.115. The first-order chi connectivity index (χ1) is 12.2. The Balaban J connectivity index is 1.64. The number of hydrogen-bond acceptors (Lipinski definition) is 7. The van der Waals surface area contributed by atoms with E-state index < -0.39 is 5.97 Å². The van der Waals surface area contributed by atoms with Crippen LogP contribution in [0.25, 0.3) is 11.5 Å². The van der Waals surface area contributed by atoms with E-state index in [4.69, 9.17) is 9.26 Å². The van der Waals surface area contributed by atoms with Crippen LogP contribution in [0.4, 0.5) is 5.13 Å². The molecule has 0 atom stereocenters. The van der Waals surface area contributed by atoms with E-state index in [-0.39, 0.29) is 24.6 Å². The van der Waals surface area contributed by atoms with E-state index in [0.717, 1.165) is 5.56 Å². The second-order valence-corrected chi connectivity index (χ2v) is 5.90. The fraction of sp³-hybridized carbons (Fsp3) is 0.176. The number of nitrogens with one attached hydrogen (secondary N) is 1. The van der Waals surface area contributed by atoms with Gasteiger partial charge in [-0.2, -0.15) is 0 Å². The number of esters is 1. The van der Waals surface area contributed by atoms with Crippen LogP contribution < -0.4 is 5.32 Å². The Labute approximate surface area is 147 Å². The predicted octanol–water partition coefficient (Wildman–Crippen LogP) is 3.16. The largest absolute Gasteiger partial charge is 0.461 e. The third-order valence-corrected chi connectivity index (χ3v) is 3.96. The maximum absolute atomic E-state index is 12.1. The third-order valence-electron chi connectivity index (χ3n) is 3.21. The van der Waals surface area contributed by atoms with Gasteiger partial charge >= 0.3 is 5.97 Å². The molecule has 8 heteroatoms. The maximum atomic E-state index is 12.1. The molecule has 25 heavy (non-hydrogen) atoms. The average molecular weight is 357 g/mol. The number of ether oxygens (including phenoxy) is 1. The second-order valence-electron chi connectivity index (χ2n) is 5.05. The van der Waals surface area contributed by atoms with Crippen molar-refractivity contribution in [3.05, 3.63) is 53.0 Å². The molecule has 1 amide bonds. The van der Waals surface area contributed by atoms with Crippen molar-refractivity contribution in [3.63, 3.8) is 0 Å². The van der Waals surface area contributed by atoms with Crippen LogP contribution in [0, 0.1) is 0 Å². The summed E-state index contributed by atoms with van der Waals surface area (Å²) in [6.07, 6.45) is 0.269. The topological polar surface area (TPSA) is 94.3 Å². The van der Waals surface area contributed by atoms with Gasteiger partial charge in [0.25, 0.3) is 0 Å². The Morgan fingerprint density at radius 3 is 2.84 bits per heavy atom. The van der Waals surface area contributed by atoms with Crippen molar-refractivity contribution in [1.29, 1.82) is 0 Å². The molecule has 0 saturated heterocycles. The SMILES string of the molecule is CCOC(=O)c1cc(-c2csc(NC(=O)Cc3ccccc3)n2)on1. The molecule has 128 valence electrons. The van der Waals surface area contributed by atoms with Gasteiger partial charge in [0.1, 0.15) is 5.69 Å². The smallest absolute Gasteiger partial charge is 0.360 e. The molecule has 3 rings (SSSR count). The standard InChI is InChI=1S/C17H15N3O4S/c1-2-23-16(22)12-9-14(24-20-12)13-10-25-17(18-13)19-15(21)8-11-6-4-3-5-7-11/h3-7,9-10H,2,8H2,1H3,(H,18,19,21). The van der Waals surface area contributed by atoms with E-state index in [2.05, 4.69) is 15.5 Å². The zero-order valence-corrected chi connectivity index (χ0v) is 14.2. The first-order valence-corrected chi connectivity index (χ1v) is 8.47.